The normalized spacial score (nSPS) is 20.0. The van der Waals surface area contributed by atoms with Crippen LogP contribution in [0.3, 0.4) is 0 Å². The summed E-state index contributed by atoms with van der Waals surface area (Å²) in [5.41, 5.74) is 0.726. The van der Waals surface area contributed by atoms with E-state index in [2.05, 4.69) is 15.2 Å². The van der Waals surface area contributed by atoms with Crippen molar-refractivity contribution in [3.05, 3.63) is 29.6 Å². The van der Waals surface area contributed by atoms with E-state index in [1.165, 1.54) is 4.90 Å². The molecule has 8 nitrogen and oxygen atoms in total. The van der Waals surface area contributed by atoms with E-state index < -0.39 is 5.92 Å². The molecule has 0 N–H and O–H groups in total. The van der Waals surface area contributed by atoms with Crippen LogP contribution in [0.4, 0.5) is 14.5 Å². The van der Waals surface area contributed by atoms with Gasteiger partial charge in [-0.15, -0.1) is 10.2 Å². The molecule has 0 bridgehead atoms. The van der Waals surface area contributed by atoms with Crippen LogP contribution in [0.5, 0.6) is 5.88 Å². The molecular formula is C20H23F2N5O3. The highest BCUT2D eigenvalue weighted by molar-refractivity contribution is 5.93. The second-order valence-corrected chi connectivity index (χ2v) is 8.37. The van der Waals surface area contributed by atoms with Gasteiger partial charge in [0.15, 0.2) is 0 Å². The monoisotopic (exact) mass is 419 g/mol. The Labute approximate surface area is 172 Å². The van der Waals surface area contributed by atoms with Crippen molar-refractivity contribution in [1.29, 1.82) is 0 Å². The van der Waals surface area contributed by atoms with Crippen molar-refractivity contribution in [2.75, 3.05) is 24.6 Å². The summed E-state index contributed by atoms with van der Waals surface area (Å²) < 4.78 is 38.0. The summed E-state index contributed by atoms with van der Waals surface area (Å²) in [5, 5.41) is 7.80. The molecule has 3 heterocycles. The number of alkyl halides is 2. The second kappa shape index (κ2) is 7.17. The molecule has 2 saturated carbocycles. The number of hydrogen-bond acceptors (Lipinski definition) is 7. The number of ether oxygens (including phenoxy) is 1. The van der Waals surface area contributed by atoms with Crippen LogP contribution in [-0.4, -0.2) is 57.6 Å². The third-order valence-electron chi connectivity index (χ3n) is 5.52. The van der Waals surface area contributed by atoms with Crippen molar-refractivity contribution in [1.82, 2.24) is 20.1 Å². The molecule has 10 heteroatoms. The van der Waals surface area contributed by atoms with Crippen LogP contribution in [0.2, 0.25) is 0 Å². The topological polar surface area (TPSA) is 84.6 Å². The molecule has 5 rings (SSSR count). The number of pyridine rings is 1. The summed E-state index contributed by atoms with van der Waals surface area (Å²) in [5.74, 6) is -1.43. The van der Waals surface area contributed by atoms with Gasteiger partial charge in [-0.25, -0.2) is 13.8 Å². The molecule has 30 heavy (non-hydrogen) atoms. The van der Waals surface area contributed by atoms with Gasteiger partial charge in [0.2, 0.25) is 17.7 Å². The number of carbonyl (C=O) groups excluding carboxylic acids is 1. The van der Waals surface area contributed by atoms with Crippen molar-refractivity contribution < 1.29 is 22.7 Å². The standard InChI is InChI=1S/C20H23F2N5O3/c1-12-24-25-17(30-12)8-27(14-4-5-14)19(28)15-6-7-16(26-10-20(21,22)11-26)18(23-15)29-9-13-2-3-13/h6-7,13-14H,2-5,8-11H2,1H3. The first-order chi connectivity index (χ1) is 14.4. The van der Waals surface area contributed by atoms with Gasteiger partial charge < -0.3 is 19.0 Å². The van der Waals surface area contributed by atoms with E-state index in [1.54, 1.807) is 24.0 Å². The molecule has 0 spiro atoms. The molecule has 3 aliphatic rings. The predicted molar refractivity (Wildman–Crippen MR) is 102 cm³/mol. The molecule has 0 radical (unpaired) electrons. The van der Waals surface area contributed by atoms with Gasteiger partial charge in [0.05, 0.1) is 26.2 Å². The first-order valence-corrected chi connectivity index (χ1v) is 10.2. The van der Waals surface area contributed by atoms with Crippen molar-refractivity contribution in [2.45, 2.75) is 51.1 Å². The molecule has 160 valence electrons. The summed E-state index contributed by atoms with van der Waals surface area (Å²) >= 11 is 0. The lowest BCUT2D eigenvalue weighted by Crippen LogP contribution is -2.56. The Hall–Kier alpha value is -2.78. The van der Waals surface area contributed by atoms with E-state index in [0.29, 0.717) is 30.0 Å². The molecule has 0 atom stereocenters. The molecule has 0 unspecified atom stereocenters. The Morgan fingerprint density at radius 1 is 1.27 bits per heavy atom. The summed E-state index contributed by atoms with van der Waals surface area (Å²) in [7, 11) is 0. The van der Waals surface area contributed by atoms with E-state index >= 15 is 0 Å². The highest BCUT2D eigenvalue weighted by atomic mass is 19.3. The van der Waals surface area contributed by atoms with Crippen molar-refractivity contribution in [3.8, 4) is 5.88 Å². The van der Waals surface area contributed by atoms with Crippen molar-refractivity contribution in [3.63, 3.8) is 0 Å². The highest BCUT2D eigenvalue weighted by Crippen LogP contribution is 2.38. The molecule has 0 aromatic carbocycles. The summed E-state index contributed by atoms with van der Waals surface area (Å²) in [6.07, 6.45) is 4.00. The summed E-state index contributed by atoms with van der Waals surface area (Å²) in [6, 6.07) is 3.34. The van der Waals surface area contributed by atoms with Crippen molar-refractivity contribution in [2.24, 2.45) is 5.92 Å². The van der Waals surface area contributed by atoms with Gasteiger partial charge >= 0.3 is 0 Å². The zero-order valence-electron chi connectivity index (χ0n) is 16.7. The number of aromatic nitrogens is 3. The van der Waals surface area contributed by atoms with Crippen LogP contribution < -0.4 is 9.64 Å². The number of carbonyl (C=O) groups is 1. The van der Waals surface area contributed by atoms with E-state index in [9.17, 15) is 13.6 Å². The van der Waals surface area contributed by atoms with Gasteiger partial charge in [0.25, 0.3) is 11.8 Å². The van der Waals surface area contributed by atoms with Crippen LogP contribution in [0.1, 0.15) is 48.0 Å². The predicted octanol–water partition coefficient (Wildman–Crippen LogP) is 2.82. The zero-order valence-corrected chi connectivity index (χ0v) is 16.7. The van der Waals surface area contributed by atoms with Gasteiger partial charge in [0, 0.05) is 13.0 Å². The van der Waals surface area contributed by atoms with Crippen LogP contribution in [0.25, 0.3) is 0 Å². The minimum absolute atomic E-state index is 0.107. The minimum atomic E-state index is -2.70. The molecule has 3 fully saturated rings. The lowest BCUT2D eigenvalue weighted by atomic mass is 10.1. The Morgan fingerprint density at radius 2 is 2.03 bits per heavy atom. The number of nitrogens with zero attached hydrogens (tertiary/aromatic N) is 5. The zero-order chi connectivity index (χ0) is 20.9. The van der Waals surface area contributed by atoms with Gasteiger partial charge in [-0.05, 0) is 43.7 Å². The third kappa shape index (κ3) is 4.08. The van der Waals surface area contributed by atoms with E-state index in [-0.39, 0.29) is 43.2 Å². The van der Waals surface area contributed by atoms with Crippen LogP contribution in [0, 0.1) is 12.8 Å². The van der Waals surface area contributed by atoms with E-state index in [4.69, 9.17) is 9.15 Å². The SMILES string of the molecule is Cc1nnc(CN(C(=O)c2ccc(N3CC(F)(F)C3)c(OCC3CC3)n2)C2CC2)o1. The lowest BCUT2D eigenvalue weighted by Gasteiger charge is -2.40. The minimum Gasteiger partial charge on any atom is -0.476 e. The fourth-order valence-corrected chi connectivity index (χ4v) is 3.51. The van der Waals surface area contributed by atoms with Crippen molar-refractivity contribution >= 4 is 11.6 Å². The third-order valence-corrected chi connectivity index (χ3v) is 5.52. The van der Waals surface area contributed by atoms with Crippen LogP contribution >= 0.6 is 0 Å². The Kier molecular flexibility index (Phi) is 4.59. The summed E-state index contributed by atoms with van der Waals surface area (Å²) in [6.45, 7) is 1.65. The van der Waals surface area contributed by atoms with Gasteiger partial charge in [-0.1, -0.05) is 0 Å². The first kappa shape index (κ1) is 19.2. The molecule has 1 amide bonds. The second-order valence-electron chi connectivity index (χ2n) is 8.37. The Morgan fingerprint density at radius 3 is 2.63 bits per heavy atom. The number of amides is 1. The smallest absolute Gasteiger partial charge is 0.282 e. The number of hydrogen-bond donors (Lipinski definition) is 0. The van der Waals surface area contributed by atoms with Crippen LogP contribution in [-0.2, 0) is 6.54 Å². The van der Waals surface area contributed by atoms with E-state index in [1.807, 2.05) is 0 Å². The van der Waals surface area contributed by atoms with Gasteiger partial charge in [-0.2, -0.15) is 0 Å². The summed E-state index contributed by atoms with van der Waals surface area (Å²) in [4.78, 5) is 20.8. The fourth-order valence-electron chi connectivity index (χ4n) is 3.51. The molecule has 2 aromatic heterocycles. The number of rotatable bonds is 8. The molecule has 1 saturated heterocycles. The lowest BCUT2D eigenvalue weighted by molar-refractivity contribution is -0.0265. The van der Waals surface area contributed by atoms with Gasteiger partial charge in [-0.3, -0.25) is 4.79 Å². The Bertz CT molecular complexity index is 950. The average Bonchev–Trinajstić information content (AvgIpc) is 3.61. The fraction of sp³-hybridized carbons (Fsp3) is 0.600. The van der Waals surface area contributed by atoms with E-state index in [0.717, 1.165) is 25.7 Å². The first-order valence-electron chi connectivity index (χ1n) is 10.2. The Balaban J connectivity index is 1.37. The van der Waals surface area contributed by atoms with Crippen LogP contribution in [0.15, 0.2) is 16.5 Å². The molecular weight excluding hydrogens is 396 g/mol. The quantitative estimate of drug-likeness (QED) is 0.650. The maximum atomic E-state index is 13.4. The largest absolute Gasteiger partial charge is 0.476 e. The number of anilines is 1. The average molecular weight is 419 g/mol. The molecule has 2 aliphatic carbocycles. The maximum absolute atomic E-state index is 13.4. The van der Waals surface area contributed by atoms with Gasteiger partial charge in [0.1, 0.15) is 11.4 Å². The molecule has 2 aromatic rings. The number of aryl methyl sites for hydroxylation is 1. The maximum Gasteiger partial charge on any atom is 0.282 e. The highest BCUT2D eigenvalue weighted by Gasteiger charge is 2.45. The number of halogens is 2. The molecule has 1 aliphatic heterocycles.